The van der Waals surface area contributed by atoms with Gasteiger partial charge in [0.1, 0.15) is 0 Å². The van der Waals surface area contributed by atoms with Gasteiger partial charge in [-0.15, -0.1) is 11.3 Å². The fourth-order valence-corrected chi connectivity index (χ4v) is 2.79. The van der Waals surface area contributed by atoms with Crippen LogP contribution >= 0.6 is 22.9 Å². The van der Waals surface area contributed by atoms with Crippen LogP contribution in [0.15, 0.2) is 30.3 Å². The number of nitrogens with zero attached hydrogens (tertiary/aromatic N) is 1. The summed E-state index contributed by atoms with van der Waals surface area (Å²) < 4.78 is 0. The molecule has 0 bridgehead atoms. The third-order valence-electron chi connectivity index (χ3n) is 2.68. The van der Waals surface area contributed by atoms with Gasteiger partial charge in [0.2, 0.25) is 0 Å². The lowest BCUT2D eigenvalue weighted by molar-refractivity contribution is -0.384. The van der Waals surface area contributed by atoms with E-state index in [-0.39, 0.29) is 5.69 Å². The molecule has 0 saturated heterocycles. The maximum absolute atomic E-state index is 10.6. The molecule has 1 heterocycles. The normalized spacial score (nSPS) is 10.4. The Morgan fingerprint density at radius 3 is 2.63 bits per heavy atom. The molecule has 6 heteroatoms. The van der Waals surface area contributed by atoms with Crippen molar-refractivity contribution in [2.24, 2.45) is 0 Å². The van der Waals surface area contributed by atoms with Gasteiger partial charge in [0.05, 0.1) is 15.6 Å². The number of hydrogen-bond acceptors (Lipinski definition) is 4. The highest BCUT2D eigenvalue weighted by atomic mass is 35.5. The largest absolute Gasteiger partial charge is 0.379 e. The Morgan fingerprint density at radius 2 is 2.05 bits per heavy atom. The third kappa shape index (κ3) is 3.45. The van der Waals surface area contributed by atoms with Crippen molar-refractivity contribution in [3.8, 4) is 0 Å². The molecule has 1 N–H and O–H groups in total. The minimum absolute atomic E-state index is 0.0000529. The molecule has 1 aromatic heterocycles. The molecule has 4 nitrogen and oxygen atoms in total. The van der Waals surface area contributed by atoms with Crippen LogP contribution in [0.2, 0.25) is 5.02 Å². The van der Waals surface area contributed by atoms with Crippen LogP contribution < -0.4 is 5.32 Å². The van der Waals surface area contributed by atoms with Gasteiger partial charge in [-0.25, -0.2) is 0 Å². The van der Waals surface area contributed by atoms with E-state index in [0.29, 0.717) is 17.3 Å². The topological polar surface area (TPSA) is 55.2 Å². The van der Waals surface area contributed by atoms with Gasteiger partial charge in [-0.3, -0.25) is 10.1 Å². The van der Waals surface area contributed by atoms with Crippen molar-refractivity contribution < 1.29 is 4.92 Å². The van der Waals surface area contributed by atoms with Gasteiger partial charge in [0.15, 0.2) is 0 Å². The number of nitro benzene ring substituents is 1. The average Bonchev–Trinajstić information content (AvgIpc) is 2.85. The minimum atomic E-state index is -0.456. The summed E-state index contributed by atoms with van der Waals surface area (Å²) in [5, 5.41) is 14.2. The molecule has 0 aliphatic heterocycles. The Balaban J connectivity index is 2.05. The van der Waals surface area contributed by atoms with E-state index in [2.05, 4.69) is 24.4 Å². The predicted molar refractivity (Wildman–Crippen MR) is 79.1 cm³/mol. The van der Waals surface area contributed by atoms with Crippen molar-refractivity contribution in [2.45, 2.75) is 19.9 Å². The molecule has 0 spiro atoms. The van der Waals surface area contributed by atoms with Crippen molar-refractivity contribution >= 4 is 34.3 Å². The second-order valence-electron chi connectivity index (χ2n) is 4.00. The van der Waals surface area contributed by atoms with Gasteiger partial charge in [-0.1, -0.05) is 18.5 Å². The van der Waals surface area contributed by atoms with Gasteiger partial charge < -0.3 is 5.32 Å². The first-order valence-corrected chi connectivity index (χ1v) is 7.05. The summed E-state index contributed by atoms with van der Waals surface area (Å²) >= 11 is 7.76. The van der Waals surface area contributed by atoms with Crippen LogP contribution in [-0.4, -0.2) is 4.92 Å². The van der Waals surface area contributed by atoms with Gasteiger partial charge in [-0.05, 0) is 24.6 Å². The predicted octanol–water partition coefficient (Wildman–Crippen LogP) is 4.48. The summed E-state index contributed by atoms with van der Waals surface area (Å²) in [5.74, 6) is 0. The summed E-state index contributed by atoms with van der Waals surface area (Å²) in [6.45, 7) is 2.79. The Labute approximate surface area is 120 Å². The van der Waals surface area contributed by atoms with Crippen LogP contribution in [0.25, 0.3) is 0 Å². The molecule has 19 heavy (non-hydrogen) atoms. The van der Waals surface area contributed by atoms with E-state index in [9.17, 15) is 10.1 Å². The molecule has 0 unspecified atom stereocenters. The Morgan fingerprint density at radius 1 is 1.32 bits per heavy atom. The number of aryl methyl sites for hydroxylation is 1. The number of nitrogens with one attached hydrogen (secondary N) is 1. The molecule has 0 aliphatic carbocycles. The second kappa shape index (κ2) is 6.04. The lowest BCUT2D eigenvalue weighted by Gasteiger charge is -2.06. The number of hydrogen-bond donors (Lipinski definition) is 1. The van der Waals surface area contributed by atoms with Gasteiger partial charge >= 0.3 is 0 Å². The number of anilines is 1. The number of rotatable bonds is 5. The number of thiophene rings is 1. The summed E-state index contributed by atoms with van der Waals surface area (Å²) in [4.78, 5) is 12.7. The highest BCUT2D eigenvalue weighted by Crippen LogP contribution is 2.27. The first kappa shape index (κ1) is 13.8. The Bertz CT molecular complexity index is 598. The van der Waals surface area contributed by atoms with E-state index in [4.69, 9.17) is 11.6 Å². The monoisotopic (exact) mass is 296 g/mol. The number of halogens is 1. The molecule has 0 radical (unpaired) electrons. The summed E-state index contributed by atoms with van der Waals surface area (Å²) in [7, 11) is 0. The van der Waals surface area contributed by atoms with E-state index < -0.39 is 4.92 Å². The van der Waals surface area contributed by atoms with Crippen LogP contribution in [0.1, 0.15) is 16.7 Å². The molecule has 2 aromatic rings. The molecular formula is C13H13ClN2O2S. The molecule has 0 aliphatic rings. The van der Waals surface area contributed by atoms with E-state index in [1.54, 1.807) is 17.4 Å². The van der Waals surface area contributed by atoms with Crippen LogP contribution in [0.5, 0.6) is 0 Å². The van der Waals surface area contributed by atoms with Crippen LogP contribution in [0.4, 0.5) is 11.4 Å². The highest BCUT2D eigenvalue weighted by molar-refractivity contribution is 7.12. The molecule has 0 atom stereocenters. The van der Waals surface area contributed by atoms with Crippen molar-refractivity contribution in [2.75, 3.05) is 5.32 Å². The standard InChI is InChI=1S/C13H13ClN2O2S/c1-2-10-4-5-11(19-10)8-15-13-6-3-9(16(17)18)7-12(13)14/h3-7,15H,2,8H2,1H3. The zero-order valence-electron chi connectivity index (χ0n) is 10.4. The van der Waals surface area contributed by atoms with Crippen molar-refractivity contribution in [1.29, 1.82) is 0 Å². The number of benzene rings is 1. The van der Waals surface area contributed by atoms with Gasteiger partial charge in [0, 0.05) is 28.4 Å². The zero-order valence-corrected chi connectivity index (χ0v) is 11.9. The van der Waals surface area contributed by atoms with Crippen LogP contribution in [-0.2, 0) is 13.0 Å². The smallest absolute Gasteiger partial charge is 0.271 e. The molecule has 1 aromatic carbocycles. The lowest BCUT2D eigenvalue weighted by atomic mass is 10.3. The van der Waals surface area contributed by atoms with Crippen LogP contribution in [0.3, 0.4) is 0 Å². The van der Waals surface area contributed by atoms with Crippen molar-refractivity contribution in [3.63, 3.8) is 0 Å². The Kier molecular flexibility index (Phi) is 4.39. The third-order valence-corrected chi connectivity index (χ3v) is 4.22. The molecule has 0 fully saturated rings. The maximum Gasteiger partial charge on any atom is 0.271 e. The van der Waals surface area contributed by atoms with E-state index >= 15 is 0 Å². The first-order valence-electron chi connectivity index (χ1n) is 5.85. The quantitative estimate of drug-likeness (QED) is 0.653. The molecule has 0 saturated carbocycles. The van der Waals surface area contributed by atoms with Crippen molar-refractivity contribution in [3.05, 3.63) is 55.2 Å². The highest BCUT2D eigenvalue weighted by Gasteiger charge is 2.09. The summed E-state index contributed by atoms with van der Waals surface area (Å²) in [6, 6.07) is 8.62. The van der Waals surface area contributed by atoms with Gasteiger partial charge in [0.25, 0.3) is 5.69 Å². The molecule has 0 amide bonds. The summed E-state index contributed by atoms with van der Waals surface area (Å²) in [6.07, 6.45) is 1.03. The van der Waals surface area contributed by atoms with Crippen LogP contribution in [0, 0.1) is 10.1 Å². The van der Waals surface area contributed by atoms with Crippen molar-refractivity contribution in [1.82, 2.24) is 0 Å². The minimum Gasteiger partial charge on any atom is -0.379 e. The molecular weight excluding hydrogens is 284 g/mol. The average molecular weight is 297 g/mol. The zero-order chi connectivity index (χ0) is 13.8. The molecule has 100 valence electrons. The fraction of sp³-hybridized carbons (Fsp3) is 0.231. The lowest BCUT2D eigenvalue weighted by Crippen LogP contribution is -1.98. The number of non-ortho nitro benzene ring substituents is 1. The Hall–Kier alpha value is -1.59. The fourth-order valence-electron chi connectivity index (χ4n) is 1.65. The molecule has 2 rings (SSSR count). The SMILES string of the molecule is CCc1ccc(CNc2ccc([N+](=O)[O-])cc2Cl)s1. The maximum atomic E-state index is 10.6. The van der Waals surface area contributed by atoms with Gasteiger partial charge in [-0.2, -0.15) is 0 Å². The number of nitro groups is 1. The van der Waals surface area contributed by atoms with E-state index in [1.807, 2.05) is 0 Å². The summed E-state index contributed by atoms with van der Waals surface area (Å²) in [5.41, 5.74) is 0.707. The van der Waals surface area contributed by atoms with E-state index in [1.165, 1.54) is 21.9 Å². The van der Waals surface area contributed by atoms with E-state index in [0.717, 1.165) is 6.42 Å². The first-order chi connectivity index (χ1) is 9.10. The second-order valence-corrected chi connectivity index (χ2v) is 5.66.